The lowest BCUT2D eigenvalue weighted by atomic mass is 10.0. The third kappa shape index (κ3) is 5.98. The van der Waals surface area contributed by atoms with Crippen molar-refractivity contribution in [2.45, 2.75) is 26.0 Å². The fourth-order valence-electron chi connectivity index (χ4n) is 3.66. The molecule has 0 aromatic heterocycles. The van der Waals surface area contributed by atoms with Gasteiger partial charge in [0.2, 0.25) is 0 Å². The van der Waals surface area contributed by atoms with Gasteiger partial charge < -0.3 is 14.8 Å². The molecular weight excluding hydrogens is 414 g/mol. The molecular formula is C24H28ClN3O3. The van der Waals surface area contributed by atoms with Gasteiger partial charge in [-0.3, -0.25) is 9.69 Å². The van der Waals surface area contributed by atoms with Gasteiger partial charge in [-0.1, -0.05) is 55.8 Å². The van der Waals surface area contributed by atoms with E-state index >= 15 is 0 Å². The van der Waals surface area contributed by atoms with Crippen LogP contribution in [0.15, 0.2) is 48.5 Å². The molecule has 1 N–H and O–H groups in total. The lowest BCUT2D eigenvalue weighted by Gasteiger charge is -2.35. The molecule has 0 bridgehead atoms. The van der Waals surface area contributed by atoms with Gasteiger partial charge in [0.1, 0.15) is 11.8 Å². The molecule has 0 radical (unpaired) electrons. The molecule has 0 spiro atoms. The Morgan fingerprint density at radius 3 is 2.55 bits per heavy atom. The van der Waals surface area contributed by atoms with Crippen molar-refractivity contribution in [3.05, 3.63) is 64.7 Å². The number of halogens is 1. The molecule has 0 aliphatic carbocycles. The minimum Gasteiger partial charge on any atom is -0.479 e. The highest BCUT2D eigenvalue weighted by Crippen LogP contribution is 2.28. The van der Waals surface area contributed by atoms with Crippen molar-refractivity contribution in [3.63, 3.8) is 0 Å². The molecule has 3 rings (SSSR count). The second-order valence-corrected chi connectivity index (χ2v) is 8.23. The minimum atomic E-state index is -0.717. The summed E-state index contributed by atoms with van der Waals surface area (Å²) in [6.07, 6.45) is -0.717. The van der Waals surface area contributed by atoms with Crippen LogP contribution in [-0.2, 0) is 9.53 Å². The van der Waals surface area contributed by atoms with Crippen LogP contribution in [0.3, 0.4) is 0 Å². The third-order valence-electron chi connectivity index (χ3n) is 5.35. The first-order valence-electron chi connectivity index (χ1n) is 10.5. The molecule has 2 aromatic carbocycles. The van der Waals surface area contributed by atoms with E-state index in [9.17, 15) is 10.1 Å². The Balaban J connectivity index is 1.75. The largest absolute Gasteiger partial charge is 0.479 e. The highest BCUT2D eigenvalue weighted by atomic mass is 35.5. The number of nitrogens with zero attached hydrogens (tertiary/aromatic N) is 2. The van der Waals surface area contributed by atoms with E-state index in [0.717, 1.165) is 18.7 Å². The Labute approximate surface area is 188 Å². The van der Waals surface area contributed by atoms with Gasteiger partial charge in [0.25, 0.3) is 5.91 Å². The molecule has 7 heteroatoms. The molecule has 2 atom stereocenters. The van der Waals surface area contributed by atoms with Crippen LogP contribution in [0.4, 0.5) is 0 Å². The molecule has 1 heterocycles. The number of ether oxygens (including phenoxy) is 2. The smallest absolute Gasteiger partial charge is 0.261 e. The van der Waals surface area contributed by atoms with Crippen molar-refractivity contribution in [2.75, 3.05) is 32.8 Å². The maximum absolute atomic E-state index is 13.1. The Bertz CT molecular complexity index is 922. The van der Waals surface area contributed by atoms with Crippen LogP contribution in [0, 0.1) is 17.2 Å². The number of carbonyl (C=O) groups excluding carboxylic acids is 1. The van der Waals surface area contributed by atoms with E-state index < -0.39 is 6.10 Å². The van der Waals surface area contributed by atoms with Gasteiger partial charge in [0, 0.05) is 24.7 Å². The van der Waals surface area contributed by atoms with Crippen molar-refractivity contribution in [2.24, 2.45) is 5.92 Å². The summed E-state index contributed by atoms with van der Waals surface area (Å²) in [7, 11) is 0. The lowest BCUT2D eigenvalue weighted by molar-refractivity contribution is -0.130. The number of hydrogen-bond donors (Lipinski definition) is 1. The molecule has 0 saturated carbocycles. The second-order valence-electron chi connectivity index (χ2n) is 7.82. The minimum absolute atomic E-state index is 0.0687. The zero-order valence-electron chi connectivity index (χ0n) is 17.9. The summed E-state index contributed by atoms with van der Waals surface area (Å²) in [5, 5.41) is 13.1. The average Bonchev–Trinajstić information content (AvgIpc) is 2.79. The van der Waals surface area contributed by atoms with Crippen molar-refractivity contribution >= 4 is 17.5 Å². The van der Waals surface area contributed by atoms with Crippen molar-refractivity contribution in [1.29, 1.82) is 5.26 Å². The number of carbonyl (C=O) groups is 1. The van der Waals surface area contributed by atoms with Gasteiger partial charge in [-0.05, 0) is 29.7 Å². The topological polar surface area (TPSA) is 74.6 Å². The third-order valence-corrected chi connectivity index (χ3v) is 5.69. The first kappa shape index (κ1) is 23.1. The average molecular weight is 442 g/mol. The molecule has 1 fully saturated rings. The fraction of sp³-hybridized carbons (Fsp3) is 0.417. The number of morpholine rings is 1. The zero-order valence-corrected chi connectivity index (χ0v) is 18.6. The maximum atomic E-state index is 13.1. The number of para-hydroxylation sites is 1. The molecule has 2 aromatic rings. The van der Waals surface area contributed by atoms with E-state index in [1.165, 1.54) is 0 Å². The van der Waals surface area contributed by atoms with Crippen LogP contribution in [0.1, 0.15) is 31.0 Å². The number of benzene rings is 2. The van der Waals surface area contributed by atoms with Crippen LogP contribution in [0.25, 0.3) is 0 Å². The standard InChI is InChI=1S/C24H28ClN3O3/c1-17(2)23(31-22-10-6-3-7-18(22)15-26)24(29)27-16-21(28-11-13-30-14-12-28)19-8-4-5-9-20(19)25/h3-10,17,21,23H,11-14,16H2,1-2H3,(H,27,29). The summed E-state index contributed by atoms with van der Waals surface area (Å²) in [6, 6.07) is 16.7. The van der Waals surface area contributed by atoms with Crippen molar-refractivity contribution in [3.8, 4) is 11.8 Å². The van der Waals surface area contributed by atoms with Gasteiger partial charge in [-0.2, -0.15) is 5.26 Å². The Kier molecular flexibility index (Phi) is 8.30. The van der Waals surface area contributed by atoms with E-state index in [2.05, 4.69) is 16.3 Å². The van der Waals surface area contributed by atoms with Gasteiger partial charge in [0.15, 0.2) is 6.10 Å². The van der Waals surface area contributed by atoms with Gasteiger partial charge in [-0.15, -0.1) is 0 Å². The molecule has 1 aliphatic heterocycles. The quantitative estimate of drug-likeness (QED) is 0.674. The maximum Gasteiger partial charge on any atom is 0.261 e. The van der Waals surface area contributed by atoms with Gasteiger partial charge >= 0.3 is 0 Å². The fourth-order valence-corrected chi connectivity index (χ4v) is 3.92. The monoisotopic (exact) mass is 441 g/mol. The summed E-state index contributed by atoms with van der Waals surface area (Å²) in [5.41, 5.74) is 1.38. The van der Waals surface area contributed by atoms with Crippen LogP contribution < -0.4 is 10.1 Å². The highest BCUT2D eigenvalue weighted by Gasteiger charge is 2.29. The van der Waals surface area contributed by atoms with E-state index in [1.54, 1.807) is 24.3 Å². The van der Waals surface area contributed by atoms with E-state index in [-0.39, 0.29) is 17.9 Å². The van der Waals surface area contributed by atoms with E-state index in [0.29, 0.717) is 36.1 Å². The van der Waals surface area contributed by atoms with Gasteiger partial charge in [-0.25, -0.2) is 0 Å². The van der Waals surface area contributed by atoms with Crippen molar-refractivity contribution in [1.82, 2.24) is 10.2 Å². The number of rotatable bonds is 8. The molecule has 164 valence electrons. The number of hydrogen-bond acceptors (Lipinski definition) is 5. The Morgan fingerprint density at radius 1 is 1.19 bits per heavy atom. The summed E-state index contributed by atoms with van der Waals surface area (Å²) < 4.78 is 11.5. The van der Waals surface area contributed by atoms with Crippen LogP contribution in [0.2, 0.25) is 5.02 Å². The normalized spacial score (nSPS) is 16.4. The van der Waals surface area contributed by atoms with Crippen molar-refractivity contribution < 1.29 is 14.3 Å². The second kappa shape index (κ2) is 11.1. The number of nitriles is 1. The van der Waals surface area contributed by atoms with E-state index in [4.69, 9.17) is 21.1 Å². The highest BCUT2D eigenvalue weighted by molar-refractivity contribution is 6.31. The zero-order chi connectivity index (χ0) is 22.2. The lowest BCUT2D eigenvalue weighted by Crippen LogP contribution is -2.47. The van der Waals surface area contributed by atoms with Gasteiger partial charge in [0.05, 0.1) is 24.8 Å². The predicted octanol–water partition coefficient (Wildman–Crippen LogP) is 3.80. The number of amides is 1. The van der Waals surface area contributed by atoms with Crippen LogP contribution in [0.5, 0.6) is 5.75 Å². The first-order valence-corrected chi connectivity index (χ1v) is 10.9. The van der Waals surface area contributed by atoms with Crippen LogP contribution >= 0.6 is 11.6 Å². The molecule has 6 nitrogen and oxygen atoms in total. The Hall–Kier alpha value is -2.59. The summed E-state index contributed by atoms with van der Waals surface area (Å²) in [5.74, 6) is 0.122. The summed E-state index contributed by atoms with van der Waals surface area (Å²) >= 11 is 6.48. The summed E-state index contributed by atoms with van der Waals surface area (Å²) in [4.78, 5) is 15.4. The predicted molar refractivity (Wildman–Crippen MR) is 120 cm³/mol. The molecule has 1 aliphatic rings. The van der Waals surface area contributed by atoms with E-state index in [1.807, 2.05) is 38.1 Å². The molecule has 1 amide bonds. The Morgan fingerprint density at radius 2 is 1.87 bits per heavy atom. The van der Waals surface area contributed by atoms with Crippen LogP contribution in [-0.4, -0.2) is 49.8 Å². The number of nitrogens with one attached hydrogen (secondary N) is 1. The SMILES string of the molecule is CC(C)C(Oc1ccccc1C#N)C(=O)NCC(c1ccccc1Cl)N1CCOCC1. The first-order chi connectivity index (χ1) is 15.0. The molecule has 2 unspecified atom stereocenters. The summed E-state index contributed by atoms with van der Waals surface area (Å²) in [6.45, 7) is 7.08. The molecule has 31 heavy (non-hydrogen) atoms. The molecule has 1 saturated heterocycles.